The van der Waals surface area contributed by atoms with Gasteiger partial charge in [0, 0.05) is 22.3 Å². The molecular formula is C26H41Cl2N5. The summed E-state index contributed by atoms with van der Waals surface area (Å²) >= 11 is 12.1. The van der Waals surface area contributed by atoms with Crippen LogP contribution in [0.1, 0.15) is 96.8 Å². The highest BCUT2D eigenvalue weighted by Gasteiger charge is 2.09. The van der Waals surface area contributed by atoms with Crippen LogP contribution in [0.2, 0.25) is 10.0 Å². The van der Waals surface area contributed by atoms with Gasteiger partial charge in [0.05, 0.1) is 0 Å². The fraction of sp³-hybridized carbons (Fsp3) is 0.615. The van der Waals surface area contributed by atoms with Crippen molar-refractivity contribution >= 4 is 46.2 Å². The Balaban J connectivity index is 1.54. The van der Waals surface area contributed by atoms with E-state index < -0.39 is 0 Å². The first kappa shape index (κ1) is 27.5. The van der Waals surface area contributed by atoms with Crippen LogP contribution in [-0.2, 0) is 0 Å². The number of anilines is 4. The normalized spacial score (nSPS) is 11.0. The van der Waals surface area contributed by atoms with E-state index in [9.17, 15) is 0 Å². The van der Waals surface area contributed by atoms with Gasteiger partial charge in [0.15, 0.2) is 11.6 Å². The van der Waals surface area contributed by atoms with E-state index in [0.717, 1.165) is 18.7 Å². The zero-order valence-electron chi connectivity index (χ0n) is 20.1. The lowest BCUT2D eigenvalue weighted by molar-refractivity contribution is 0.537. The first-order valence-electron chi connectivity index (χ1n) is 12.7. The molecule has 0 aliphatic heterocycles. The van der Waals surface area contributed by atoms with Crippen LogP contribution in [0.25, 0.3) is 0 Å². The number of hydrogen-bond acceptors (Lipinski definition) is 5. The van der Waals surface area contributed by atoms with Crippen molar-refractivity contribution in [2.24, 2.45) is 0 Å². The maximum absolute atomic E-state index is 6.25. The Morgan fingerprint density at radius 3 is 1.73 bits per heavy atom. The standard InChI is InChI=1S/C26H41Cl2N5/c1-2-3-4-5-6-7-8-9-10-11-12-13-14-15-16-30-25-24(29)26(32-20-31-25)33-23-18-21(27)17-22(28)19-23/h17-20H,2-16,29H2,1H3,(H2,30,31,32,33). The summed E-state index contributed by atoms with van der Waals surface area (Å²) in [6.45, 7) is 3.13. The van der Waals surface area contributed by atoms with Crippen molar-refractivity contribution in [3.63, 3.8) is 0 Å². The van der Waals surface area contributed by atoms with Gasteiger partial charge in [-0.2, -0.15) is 0 Å². The summed E-state index contributed by atoms with van der Waals surface area (Å²) in [6, 6.07) is 5.23. The van der Waals surface area contributed by atoms with Crippen molar-refractivity contribution in [2.45, 2.75) is 96.8 Å². The van der Waals surface area contributed by atoms with Crippen LogP contribution in [-0.4, -0.2) is 16.5 Å². The maximum Gasteiger partial charge on any atom is 0.159 e. The summed E-state index contributed by atoms with van der Waals surface area (Å²) < 4.78 is 0. The number of nitrogens with one attached hydrogen (secondary N) is 2. The molecule has 0 unspecified atom stereocenters. The van der Waals surface area contributed by atoms with E-state index in [1.54, 1.807) is 18.2 Å². The van der Waals surface area contributed by atoms with Crippen molar-refractivity contribution < 1.29 is 0 Å². The van der Waals surface area contributed by atoms with E-state index in [2.05, 4.69) is 27.5 Å². The summed E-state index contributed by atoms with van der Waals surface area (Å²) in [7, 11) is 0. The average Bonchev–Trinajstić information content (AvgIpc) is 2.78. The average molecular weight is 495 g/mol. The van der Waals surface area contributed by atoms with Gasteiger partial charge in [-0.25, -0.2) is 9.97 Å². The fourth-order valence-corrected chi connectivity index (χ4v) is 4.45. The van der Waals surface area contributed by atoms with Crippen molar-refractivity contribution in [2.75, 3.05) is 22.9 Å². The van der Waals surface area contributed by atoms with Crippen LogP contribution < -0.4 is 16.4 Å². The van der Waals surface area contributed by atoms with Crippen LogP contribution in [0, 0.1) is 0 Å². The third-order valence-corrected chi connectivity index (χ3v) is 6.27. The summed E-state index contributed by atoms with van der Waals surface area (Å²) in [5, 5.41) is 7.60. The molecule has 2 rings (SSSR count). The SMILES string of the molecule is CCCCCCCCCCCCCCCCNc1ncnc(Nc2cc(Cl)cc(Cl)c2)c1N. The molecule has 0 aliphatic carbocycles. The molecule has 33 heavy (non-hydrogen) atoms. The van der Waals surface area contributed by atoms with E-state index in [0.29, 0.717) is 27.4 Å². The van der Waals surface area contributed by atoms with Crippen LogP contribution >= 0.6 is 23.2 Å². The summed E-state index contributed by atoms with van der Waals surface area (Å²) in [4.78, 5) is 8.52. The summed E-state index contributed by atoms with van der Waals surface area (Å²) in [6.07, 6.45) is 20.5. The lowest BCUT2D eigenvalue weighted by atomic mass is 10.0. The molecule has 1 aromatic heterocycles. The minimum atomic E-state index is 0.485. The molecular weight excluding hydrogens is 453 g/mol. The van der Waals surface area contributed by atoms with Gasteiger partial charge in [0.2, 0.25) is 0 Å². The molecule has 2 aromatic rings. The lowest BCUT2D eigenvalue weighted by Crippen LogP contribution is -2.09. The first-order valence-corrected chi connectivity index (χ1v) is 13.4. The molecule has 0 saturated heterocycles. The highest BCUT2D eigenvalue weighted by atomic mass is 35.5. The van der Waals surface area contributed by atoms with Gasteiger partial charge in [-0.15, -0.1) is 0 Å². The number of nitrogens with two attached hydrogens (primary N) is 1. The van der Waals surface area contributed by atoms with Crippen LogP contribution in [0.15, 0.2) is 24.5 Å². The van der Waals surface area contributed by atoms with E-state index in [1.165, 1.54) is 89.8 Å². The van der Waals surface area contributed by atoms with Gasteiger partial charge in [-0.1, -0.05) is 114 Å². The van der Waals surface area contributed by atoms with E-state index in [1.807, 2.05) is 0 Å². The first-order chi connectivity index (χ1) is 16.1. The highest BCUT2D eigenvalue weighted by molar-refractivity contribution is 6.35. The maximum atomic E-state index is 6.25. The highest BCUT2D eigenvalue weighted by Crippen LogP contribution is 2.29. The number of halogens is 2. The predicted molar refractivity (Wildman–Crippen MR) is 145 cm³/mol. The number of rotatable bonds is 18. The van der Waals surface area contributed by atoms with Gasteiger partial charge < -0.3 is 16.4 Å². The third-order valence-electron chi connectivity index (χ3n) is 5.83. The molecule has 0 fully saturated rings. The summed E-state index contributed by atoms with van der Waals surface area (Å²) in [5.74, 6) is 1.18. The van der Waals surface area contributed by atoms with Gasteiger partial charge in [0.1, 0.15) is 12.0 Å². The smallest absolute Gasteiger partial charge is 0.159 e. The number of unbranched alkanes of at least 4 members (excludes halogenated alkanes) is 13. The number of benzene rings is 1. The number of hydrogen-bond donors (Lipinski definition) is 3. The van der Waals surface area contributed by atoms with E-state index in [-0.39, 0.29) is 0 Å². The molecule has 0 radical (unpaired) electrons. The summed E-state index contributed by atoms with van der Waals surface area (Å²) in [5.41, 5.74) is 7.47. The van der Waals surface area contributed by atoms with Gasteiger partial charge >= 0.3 is 0 Å². The second-order valence-corrected chi connectivity index (χ2v) is 9.66. The quantitative estimate of drug-likeness (QED) is 0.180. The monoisotopic (exact) mass is 493 g/mol. The predicted octanol–water partition coefficient (Wildman–Crippen LogP) is 9.00. The van der Waals surface area contributed by atoms with E-state index >= 15 is 0 Å². The number of aromatic nitrogens is 2. The molecule has 1 aromatic carbocycles. The van der Waals surface area contributed by atoms with Crippen molar-refractivity contribution in [1.82, 2.24) is 9.97 Å². The second kappa shape index (κ2) is 16.8. The Bertz CT molecular complexity index is 780. The van der Waals surface area contributed by atoms with Gasteiger partial charge in [0.25, 0.3) is 0 Å². The van der Waals surface area contributed by atoms with Gasteiger partial charge in [-0.05, 0) is 24.6 Å². The Morgan fingerprint density at radius 2 is 1.18 bits per heavy atom. The van der Waals surface area contributed by atoms with Crippen molar-refractivity contribution in [1.29, 1.82) is 0 Å². The third kappa shape index (κ3) is 11.8. The largest absolute Gasteiger partial charge is 0.393 e. The van der Waals surface area contributed by atoms with Crippen molar-refractivity contribution in [3.05, 3.63) is 34.6 Å². The topological polar surface area (TPSA) is 75.9 Å². The molecule has 1 heterocycles. The molecule has 7 heteroatoms. The zero-order chi connectivity index (χ0) is 23.7. The molecule has 0 atom stereocenters. The number of nitrogens with zero attached hydrogens (tertiary/aromatic N) is 2. The molecule has 0 bridgehead atoms. The molecule has 0 spiro atoms. The molecule has 0 saturated carbocycles. The Kier molecular flexibility index (Phi) is 14.0. The molecule has 0 aliphatic rings. The Labute approximate surface area is 210 Å². The minimum absolute atomic E-state index is 0.485. The molecule has 4 N–H and O–H groups in total. The Hall–Kier alpha value is -1.72. The second-order valence-electron chi connectivity index (χ2n) is 8.79. The molecule has 5 nitrogen and oxygen atoms in total. The Morgan fingerprint density at radius 1 is 0.697 bits per heavy atom. The minimum Gasteiger partial charge on any atom is -0.393 e. The fourth-order valence-electron chi connectivity index (χ4n) is 3.93. The zero-order valence-corrected chi connectivity index (χ0v) is 21.7. The van der Waals surface area contributed by atoms with Crippen LogP contribution in [0.3, 0.4) is 0 Å². The van der Waals surface area contributed by atoms with Crippen LogP contribution in [0.4, 0.5) is 23.0 Å². The van der Waals surface area contributed by atoms with E-state index in [4.69, 9.17) is 28.9 Å². The number of nitrogen functional groups attached to an aromatic ring is 1. The van der Waals surface area contributed by atoms with Crippen molar-refractivity contribution in [3.8, 4) is 0 Å². The van der Waals surface area contributed by atoms with Gasteiger partial charge in [-0.3, -0.25) is 0 Å². The van der Waals surface area contributed by atoms with Crippen LogP contribution in [0.5, 0.6) is 0 Å². The lowest BCUT2D eigenvalue weighted by Gasteiger charge is -2.13. The molecule has 0 amide bonds. The molecule has 184 valence electrons.